The molecule has 0 radical (unpaired) electrons. The average molecular weight is 259 g/mol. The smallest absolute Gasteiger partial charge is 0.142 e. The molecular weight excluding hydrogens is 238 g/mol. The van der Waals surface area contributed by atoms with Crippen molar-refractivity contribution in [2.24, 2.45) is 5.92 Å². The summed E-state index contributed by atoms with van der Waals surface area (Å²) in [5.41, 5.74) is 0.919. The van der Waals surface area contributed by atoms with E-state index in [0.717, 1.165) is 38.0 Å². The van der Waals surface area contributed by atoms with Crippen molar-refractivity contribution >= 4 is 5.78 Å². The van der Waals surface area contributed by atoms with E-state index in [1.165, 1.54) is 12.8 Å². The molecule has 0 aromatic carbocycles. The number of carbonyl (C=O) groups excluding carboxylic acids is 1. The summed E-state index contributed by atoms with van der Waals surface area (Å²) in [4.78, 5) is 16.7. The number of pyridine rings is 1. The number of rotatable bonds is 3. The normalized spacial score (nSPS) is 25.6. The molecule has 1 unspecified atom stereocenters. The zero-order chi connectivity index (χ0) is 13.1. The largest absolute Gasteiger partial charge is 0.375 e. The van der Waals surface area contributed by atoms with Crippen LogP contribution in [0.15, 0.2) is 24.4 Å². The third-order valence-corrected chi connectivity index (χ3v) is 4.54. The molecule has 2 fully saturated rings. The van der Waals surface area contributed by atoms with Crippen LogP contribution in [0.4, 0.5) is 0 Å². The lowest BCUT2D eigenvalue weighted by molar-refractivity contribution is -0.135. The van der Waals surface area contributed by atoms with Crippen molar-refractivity contribution in [3.63, 3.8) is 0 Å². The summed E-state index contributed by atoms with van der Waals surface area (Å²) in [6.45, 7) is 0.749. The number of hydrogen-bond donors (Lipinski definition) is 0. The zero-order valence-corrected chi connectivity index (χ0v) is 11.3. The lowest BCUT2D eigenvalue weighted by Crippen LogP contribution is -2.40. The topological polar surface area (TPSA) is 39.2 Å². The highest BCUT2D eigenvalue weighted by molar-refractivity contribution is 5.83. The maximum absolute atomic E-state index is 12.4. The van der Waals surface area contributed by atoms with Gasteiger partial charge in [-0.05, 0) is 37.8 Å². The van der Waals surface area contributed by atoms with Gasteiger partial charge in [-0.25, -0.2) is 0 Å². The monoisotopic (exact) mass is 259 g/mol. The molecule has 1 aromatic rings. The lowest BCUT2D eigenvalue weighted by atomic mass is 9.81. The molecule has 3 rings (SSSR count). The SMILES string of the molecule is O=C(Cc1ccccn1)C1CCOC2(CCCC2)C1. The number of ketones is 1. The zero-order valence-electron chi connectivity index (χ0n) is 11.3. The Morgan fingerprint density at radius 3 is 2.95 bits per heavy atom. The maximum atomic E-state index is 12.4. The highest BCUT2D eigenvalue weighted by Crippen LogP contribution is 2.42. The van der Waals surface area contributed by atoms with Crippen LogP contribution in [0.2, 0.25) is 0 Å². The van der Waals surface area contributed by atoms with E-state index in [-0.39, 0.29) is 11.5 Å². The van der Waals surface area contributed by atoms with Crippen LogP contribution in [0, 0.1) is 5.92 Å². The molecule has 1 aliphatic heterocycles. The third-order valence-electron chi connectivity index (χ3n) is 4.54. The average Bonchev–Trinajstić information content (AvgIpc) is 2.88. The Hall–Kier alpha value is -1.22. The van der Waals surface area contributed by atoms with Crippen LogP contribution < -0.4 is 0 Å². The van der Waals surface area contributed by atoms with Gasteiger partial charge in [-0.2, -0.15) is 0 Å². The van der Waals surface area contributed by atoms with Gasteiger partial charge in [-0.15, -0.1) is 0 Å². The van der Waals surface area contributed by atoms with Crippen molar-refractivity contribution in [1.29, 1.82) is 0 Å². The summed E-state index contributed by atoms with van der Waals surface area (Å²) in [7, 11) is 0. The van der Waals surface area contributed by atoms with Crippen LogP contribution in [0.5, 0.6) is 0 Å². The van der Waals surface area contributed by atoms with Crippen molar-refractivity contribution in [2.45, 2.75) is 50.5 Å². The van der Waals surface area contributed by atoms with E-state index in [4.69, 9.17) is 4.74 Å². The minimum Gasteiger partial charge on any atom is -0.375 e. The Morgan fingerprint density at radius 1 is 1.37 bits per heavy atom. The Balaban J connectivity index is 1.63. The molecule has 0 amide bonds. The second-order valence-electron chi connectivity index (χ2n) is 5.89. The van der Waals surface area contributed by atoms with E-state index in [0.29, 0.717) is 12.2 Å². The Kier molecular flexibility index (Phi) is 3.65. The van der Waals surface area contributed by atoms with Crippen molar-refractivity contribution in [1.82, 2.24) is 4.98 Å². The molecule has 1 aliphatic carbocycles. The number of ether oxygens (including phenoxy) is 1. The van der Waals surface area contributed by atoms with Gasteiger partial charge in [-0.1, -0.05) is 18.9 Å². The summed E-state index contributed by atoms with van der Waals surface area (Å²) in [6.07, 6.45) is 8.82. The number of Topliss-reactive ketones (excluding diaryl/α,β-unsaturated/α-hetero) is 1. The van der Waals surface area contributed by atoms with Gasteiger partial charge in [-0.3, -0.25) is 9.78 Å². The minimum absolute atomic E-state index is 0.0304. The van der Waals surface area contributed by atoms with Crippen molar-refractivity contribution in [3.8, 4) is 0 Å². The predicted molar refractivity (Wildman–Crippen MR) is 72.8 cm³/mol. The first-order valence-electron chi connectivity index (χ1n) is 7.34. The summed E-state index contributed by atoms with van der Waals surface area (Å²) >= 11 is 0. The first kappa shape index (κ1) is 12.8. The van der Waals surface area contributed by atoms with Gasteiger partial charge < -0.3 is 4.74 Å². The van der Waals surface area contributed by atoms with Gasteiger partial charge >= 0.3 is 0 Å². The van der Waals surface area contributed by atoms with Gasteiger partial charge in [0.15, 0.2) is 0 Å². The van der Waals surface area contributed by atoms with Crippen LogP contribution in [0.3, 0.4) is 0 Å². The van der Waals surface area contributed by atoms with Crippen molar-refractivity contribution in [3.05, 3.63) is 30.1 Å². The second-order valence-corrected chi connectivity index (χ2v) is 5.89. The number of hydrogen-bond acceptors (Lipinski definition) is 3. The van der Waals surface area contributed by atoms with E-state index < -0.39 is 0 Å². The van der Waals surface area contributed by atoms with Gasteiger partial charge in [0, 0.05) is 30.8 Å². The molecule has 0 bridgehead atoms. The van der Waals surface area contributed by atoms with Gasteiger partial charge in [0.25, 0.3) is 0 Å². The van der Waals surface area contributed by atoms with Crippen LogP contribution in [-0.4, -0.2) is 23.0 Å². The molecule has 1 saturated heterocycles. The molecule has 2 aliphatic rings. The number of aromatic nitrogens is 1. The number of carbonyl (C=O) groups is 1. The van der Waals surface area contributed by atoms with E-state index in [1.807, 2.05) is 18.2 Å². The van der Waals surface area contributed by atoms with E-state index in [9.17, 15) is 4.79 Å². The molecule has 3 heteroatoms. The Labute approximate surface area is 114 Å². The fourth-order valence-corrected chi connectivity index (χ4v) is 3.50. The van der Waals surface area contributed by atoms with E-state index in [1.54, 1.807) is 6.20 Å². The highest BCUT2D eigenvalue weighted by Gasteiger charge is 2.41. The van der Waals surface area contributed by atoms with Crippen LogP contribution >= 0.6 is 0 Å². The summed E-state index contributed by atoms with van der Waals surface area (Å²) in [6, 6.07) is 5.76. The molecule has 1 spiro atoms. The molecule has 3 nitrogen and oxygen atoms in total. The quantitative estimate of drug-likeness (QED) is 0.837. The number of nitrogens with zero attached hydrogens (tertiary/aromatic N) is 1. The first-order chi connectivity index (χ1) is 9.27. The summed E-state index contributed by atoms with van der Waals surface area (Å²) in [5.74, 6) is 0.516. The Bertz CT molecular complexity index is 437. The van der Waals surface area contributed by atoms with Crippen LogP contribution in [0.1, 0.15) is 44.2 Å². The van der Waals surface area contributed by atoms with Gasteiger partial charge in [0.2, 0.25) is 0 Å². The molecule has 2 heterocycles. The van der Waals surface area contributed by atoms with Crippen LogP contribution in [0.25, 0.3) is 0 Å². The molecule has 1 aromatic heterocycles. The fraction of sp³-hybridized carbons (Fsp3) is 0.625. The Morgan fingerprint density at radius 2 is 2.21 bits per heavy atom. The van der Waals surface area contributed by atoms with E-state index >= 15 is 0 Å². The lowest BCUT2D eigenvalue weighted by Gasteiger charge is -2.37. The predicted octanol–water partition coefficient (Wildman–Crippen LogP) is 2.93. The summed E-state index contributed by atoms with van der Waals surface area (Å²) < 4.78 is 5.99. The van der Waals surface area contributed by atoms with Gasteiger partial charge in [0.05, 0.1) is 5.60 Å². The molecule has 1 atom stereocenters. The fourth-order valence-electron chi connectivity index (χ4n) is 3.50. The molecule has 102 valence electrons. The van der Waals surface area contributed by atoms with Crippen LogP contribution in [-0.2, 0) is 16.0 Å². The molecule has 1 saturated carbocycles. The molecular formula is C16H21NO2. The molecule has 0 N–H and O–H groups in total. The minimum atomic E-state index is 0.0304. The standard InChI is InChI=1S/C16H21NO2/c18-15(11-14-5-1-4-9-17-14)13-6-10-19-16(12-13)7-2-3-8-16/h1,4-5,9,13H,2-3,6-8,10-12H2. The van der Waals surface area contributed by atoms with Crippen molar-refractivity contribution in [2.75, 3.05) is 6.61 Å². The maximum Gasteiger partial charge on any atom is 0.142 e. The van der Waals surface area contributed by atoms with Gasteiger partial charge in [0.1, 0.15) is 5.78 Å². The second kappa shape index (κ2) is 5.41. The molecule has 19 heavy (non-hydrogen) atoms. The third kappa shape index (κ3) is 2.86. The first-order valence-corrected chi connectivity index (χ1v) is 7.34. The highest BCUT2D eigenvalue weighted by atomic mass is 16.5. The van der Waals surface area contributed by atoms with E-state index in [2.05, 4.69) is 4.98 Å². The van der Waals surface area contributed by atoms with Crippen molar-refractivity contribution < 1.29 is 9.53 Å². The summed E-state index contributed by atoms with van der Waals surface area (Å²) in [5, 5.41) is 0.